The van der Waals surface area contributed by atoms with E-state index in [-0.39, 0.29) is 5.41 Å². The van der Waals surface area contributed by atoms with E-state index in [4.69, 9.17) is 13.6 Å². The van der Waals surface area contributed by atoms with E-state index in [9.17, 15) is 10.1 Å². The van der Waals surface area contributed by atoms with E-state index >= 15 is 0 Å². The van der Waals surface area contributed by atoms with Crippen molar-refractivity contribution in [2.24, 2.45) is 0 Å². The average molecular weight is 306 g/mol. The number of anilines is 1. The SMILES string of the molecule is N#Cc1cccc2c1NCC21COc2cc3oc(=O)oc3cc21. The Labute approximate surface area is 129 Å². The highest BCUT2D eigenvalue weighted by Crippen LogP contribution is 2.50. The first-order valence-electron chi connectivity index (χ1n) is 7.20. The lowest BCUT2D eigenvalue weighted by Gasteiger charge is -2.21. The maximum atomic E-state index is 11.3. The second-order valence-corrected chi connectivity index (χ2v) is 5.81. The molecule has 0 radical (unpaired) electrons. The molecule has 6 heteroatoms. The van der Waals surface area contributed by atoms with Gasteiger partial charge in [0, 0.05) is 18.2 Å². The van der Waals surface area contributed by atoms with Crippen LogP contribution in [0.2, 0.25) is 0 Å². The van der Waals surface area contributed by atoms with Crippen LogP contribution in [0.1, 0.15) is 16.7 Å². The molecule has 5 rings (SSSR count). The van der Waals surface area contributed by atoms with Gasteiger partial charge in [0.05, 0.1) is 16.7 Å². The molecule has 1 atom stereocenters. The van der Waals surface area contributed by atoms with Gasteiger partial charge < -0.3 is 18.9 Å². The molecule has 0 aliphatic carbocycles. The number of hydrogen-bond donors (Lipinski definition) is 1. The van der Waals surface area contributed by atoms with Gasteiger partial charge in [-0.25, -0.2) is 4.79 Å². The largest absolute Gasteiger partial charge is 0.519 e. The van der Waals surface area contributed by atoms with Gasteiger partial charge in [-0.3, -0.25) is 0 Å². The summed E-state index contributed by atoms with van der Waals surface area (Å²) in [6, 6.07) is 11.4. The van der Waals surface area contributed by atoms with E-state index in [1.54, 1.807) is 18.2 Å². The quantitative estimate of drug-likeness (QED) is 0.686. The Kier molecular flexibility index (Phi) is 2.13. The molecule has 2 aliphatic heterocycles. The van der Waals surface area contributed by atoms with Gasteiger partial charge in [0.1, 0.15) is 18.4 Å². The summed E-state index contributed by atoms with van der Waals surface area (Å²) in [4.78, 5) is 11.3. The summed E-state index contributed by atoms with van der Waals surface area (Å²) < 4.78 is 15.9. The van der Waals surface area contributed by atoms with Crippen LogP contribution < -0.4 is 15.9 Å². The maximum absolute atomic E-state index is 11.3. The van der Waals surface area contributed by atoms with Gasteiger partial charge in [-0.1, -0.05) is 12.1 Å². The topological polar surface area (TPSA) is 88.4 Å². The van der Waals surface area contributed by atoms with Crippen LogP contribution in [0, 0.1) is 11.3 Å². The molecule has 3 aromatic rings. The second kappa shape index (κ2) is 3.96. The minimum absolute atomic E-state index is 0.378. The Bertz CT molecular complexity index is 1070. The summed E-state index contributed by atoms with van der Waals surface area (Å²) in [5, 5.41) is 12.6. The first-order chi connectivity index (χ1) is 11.2. The van der Waals surface area contributed by atoms with Crippen LogP contribution in [-0.4, -0.2) is 13.2 Å². The van der Waals surface area contributed by atoms with E-state index in [0.717, 1.165) is 16.8 Å². The number of fused-ring (bicyclic) bond motifs is 5. The van der Waals surface area contributed by atoms with Gasteiger partial charge in [-0.15, -0.1) is 0 Å². The number of nitrogens with zero attached hydrogens (tertiary/aromatic N) is 1. The van der Waals surface area contributed by atoms with Crippen molar-refractivity contribution in [3.63, 3.8) is 0 Å². The van der Waals surface area contributed by atoms with Crippen molar-refractivity contribution in [1.82, 2.24) is 0 Å². The zero-order valence-electron chi connectivity index (χ0n) is 11.9. The first kappa shape index (κ1) is 12.4. The van der Waals surface area contributed by atoms with E-state index in [2.05, 4.69) is 11.4 Å². The third kappa shape index (κ3) is 1.44. The van der Waals surface area contributed by atoms with Crippen molar-refractivity contribution in [3.8, 4) is 11.8 Å². The lowest BCUT2D eigenvalue weighted by Crippen LogP contribution is -2.31. The number of benzene rings is 2. The van der Waals surface area contributed by atoms with Crippen molar-refractivity contribution in [3.05, 3.63) is 57.6 Å². The minimum atomic E-state index is -0.727. The smallest absolute Gasteiger partial charge is 0.492 e. The van der Waals surface area contributed by atoms with Crippen molar-refractivity contribution in [2.45, 2.75) is 5.41 Å². The van der Waals surface area contributed by atoms with Crippen LogP contribution in [0.15, 0.2) is 44.0 Å². The van der Waals surface area contributed by atoms with E-state index < -0.39 is 5.82 Å². The molecule has 1 spiro atoms. The summed E-state index contributed by atoms with van der Waals surface area (Å²) in [6.07, 6.45) is 0. The van der Waals surface area contributed by atoms with Crippen molar-refractivity contribution < 1.29 is 13.6 Å². The fraction of sp³-hybridized carbons (Fsp3) is 0.176. The Hall–Kier alpha value is -3.20. The van der Waals surface area contributed by atoms with Crippen LogP contribution in [0.4, 0.5) is 5.69 Å². The highest BCUT2D eigenvalue weighted by molar-refractivity contribution is 5.79. The van der Waals surface area contributed by atoms with Crippen LogP contribution in [-0.2, 0) is 5.41 Å². The summed E-state index contributed by atoms with van der Waals surface area (Å²) in [7, 11) is 0. The van der Waals surface area contributed by atoms with Gasteiger partial charge in [0.2, 0.25) is 0 Å². The average Bonchev–Trinajstić information content (AvgIpc) is 3.22. The molecule has 0 bridgehead atoms. The molecule has 2 aromatic carbocycles. The molecule has 112 valence electrons. The number of rotatable bonds is 0. The lowest BCUT2D eigenvalue weighted by molar-refractivity contribution is 0.302. The third-order valence-corrected chi connectivity index (χ3v) is 4.69. The highest BCUT2D eigenvalue weighted by atomic mass is 16.6. The fourth-order valence-electron chi connectivity index (χ4n) is 3.61. The van der Waals surface area contributed by atoms with Gasteiger partial charge in [-0.2, -0.15) is 5.26 Å². The summed E-state index contributed by atoms with van der Waals surface area (Å²) >= 11 is 0. The van der Waals surface area contributed by atoms with Crippen LogP contribution in [0.3, 0.4) is 0 Å². The molecule has 1 N–H and O–H groups in total. The van der Waals surface area contributed by atoms with Crippen LogP contribution in [0.5, 0.6) is 5.75 Å². The van der Waals surface area contributed by atoms with Gasteiger partial charge >= 0.3 is 5.82 Å². The van der Waals surface area contributed by atoms with Crippen LogP contribution in [0.25, 0.3) is 11.2 Å². The Morgan fingerprint density at radius 1 is 1.17 bits per heavy atom. The highest BCUT2D eigenvalue weighted by Gasteiger charge is 2.48. The molecule has 0 saturated heterocycles. The molecule has 0 amide bonds. The zero-order valence-corrected chi connectivity index (χ0v) is 11.9. The van der Waals surface area contributed by atoms with Crippen molar-refractivity contribution in [2.75, 3.05) is 18.5 Å². The van der Waals surface area contributed by atoms with E-state index in [1.165, 1.54) is 0 Å². The Morgan fingerprint density at radius 3 is 2.83 bits per heavy atom. The van der Waals surface area contributed by atoms with Gasteiger partial charge in [0.25, 0.3) is 0 Å². The number of hydrogen-bond acceptors (Lipinski definition) is 6. The van der Waals surface area contributed by atoms with Gasteiger partial charge in [-0.05, 0) is 17.7 Å². The summed E-state index contributed by atoms with van der Waals surface area (Å²) in [5.41, 5.74) is 3.83. The third-order valence-electron chi connectivity index (χ3n) is 4.69. The molecular weight excluding hydrogens is 296 g/mol. The minimum Gasteiger partial charge on any atom is -0.492 e. The number of ether oxygens (including phenoxy) is 1. The molecule has 3 heterocycles. The van der Waals surface area contributed by atoms with Crippen molar-refractivity contribution in [1.29, 1.82) is 5.26 Å². The molecule has 0 saturated carbocycles. The monoisotopic (exact) mass is 306 g/mol. The standard InChI is InChI=1S/C17H10N2O4/c18-6-9-2-1-3-10-15(9)19-7-17(10)8-21-12-5-14-13(4-11(12)17)22-16(20)23-14/h1-5,19H,7-8H2. The maximum Gasteiger partial charge on any atom is 0.519 e. The van der Waals surface area contributed by atoms with Crippen molar-refractivity contribution >= 4 is 16.9 Å². The Balaban J connectivity index is 1.79. The van der Waals surface area contributed by atoms with E-state index in [1.807, 2.05) is 12.1 Å². The first-order valence-corrected chi connectivity index (χ1v) is 7.20. The predicted octanol–water partition coefficient (Wildman–Crippen LogP) is 2.36. The molecular formula is C17H10N2O4. The lowest BCUT2D eigenvalue weighted by atomic mass is 9.77. The molecule has 6 nitrogen and oxygen atoms in total. The predicted molar refractivity (Wildman–Crippen MR) is 80.7 cm³/mol. The zero-order chi connectivity index (χ0) is 15.6. The van der Waals surface area contributed by atoms with E-state index in [0.29, 0.717) is 35.6 Å². The number of nitrogens with one attached hydrogen (secondary N) is 1. The number of para-hydroxylation sites is 1. The molecule has 2 aliphatic rings. The fourth-order valence-corrected chi connectivity index (χ4v) is 3.61. The Morgan fingerprint density at radius 2 is 2.00 bits per heavy atom. The number of nitriles is 1. The summed E-state index contributed by atoms with van der Waals surface area (Å²) in [6.45, 7) is 1.09. The van der Waals surface area contributed by atoms with Gasteiger partial charge in [0.15, 0.2) is 11.2 Å². The summed E-state index contributed by atoms with van der Waals surface area (Å²) in [5.74, 6) is -0.0477. The normalized spacial score (nSPS) is 20.8. The molecule has 0 fully saturated rings. The molecule has 1 aromatic heterocycles. The molecule has 1 unspecified atom stereocenters. The second-order valence-electron chi connectivity index (χ2n) is 5.81. The molecule has 23 heavy (non-hydrogen) atoms. The van der Waals surface area contributed by atoms with Crippen LogP contribution >= 0.6 is 0 Å².